The van der Waals surface area contributed by atoms with Gasteiger partial charge in [0.1, 0.15) is 0 Å². The summed E-state index contributed by atoms with van der Waals surface area (Å²) in [5.74, 6) is -2.55. The number of carbonyl (C=O) groups is 2. The second kappa shape index (κ2) is 6.22. The molecular weight excluding hydrogens is 290 g/mol. The lowest BCUT2D eigenvalue weighted by Crippen LogP contribution is -2.43. The average molecular weight is 307 g/mol. The zero-order valence-electron chi connectivity index (χ0n) is 12.1. The van der Waals surface area contributed by atoms with Gasteiger partial charge in [0.2, 0.25) is 0 Å². The molecule has 21 heavy (non-hydrogen) atoms. The van der Waals surface area contributed by atoms with E-state index in [4.69, 9.17) is 9.47 Å². The summed E-state index contributed by atoms with van der Waals surface area (Å²) in [6, 6.07) is 9.69. The minimum Gasteiger partial charge on any atom is -0.419 e. The Kier molecular flexibility index (Phi) is 4.57. The maximum absolute atomic E-state index is 12.0. The molecule has 0 amide bonds. The molecule has 1 aliphatic rings. The smallest absolute Gasteiger partial charge is 0.351 e. The van der Waals surface area contributed by atoms with Crippen LogP contribution in [0.15, 0.2) is 40.9 Å². The van der Waals surface area contributed by atoms with Crippen LogP contribution >= 0.6 is 11.8 Å². The van der Waals surface area contributed by atoms with E-state index in [2.05, 4.69) is 5.32 Å². The Morgan fingerprint density at radius 3 is 2.24 bits per heavy atom. The van der Waals surface area contributed by atoms with Gasteiger partial charge in [0.25, 0.3) is 5.79 Å². The third kappa shape index (κ3) is 3.78. The molecule has 2 rings (SSSR count). The molecule has 0 bridgehead atoms. The summed E-state index contributed by atoms with van der Waals surface area (Å²) in [6.45, 7) is 3.55. The normalized spacial score (nSPS) is 17.0. The lowest BCUT2D eigenvalue weighted by atomic mass is 10.2. The fraction of sp³-hybridized carbons (Fsp3) is 0.333. The predicted molar refractivity (Wildman–Crippen MR) is 80.1 cm³/mol. The quantitative estimate of drug-likeness (QED) is 0.522. The number of benzene rings is 1. The molecule has 1 aromatic carbocycles. The van der Waals surface area contributed by atoms with Crippen LogP contribution in [0.3, 0.4) is 0 Å². The Morgan fingerprint density at radius 1 is 1.14 bits per heavy atom. The first-order valence-corrected chi connectivity index (χ1v) is 7.68. The van der Waals surface area contributed by atoms with Crippen LogP contribution in [0.2, 0.25) is 0 Å². The van der Waals surface area contributed by atoms with Gasteiger partial charge in [-0.2, -0.15) is 0 Å². The van der Waals surface area contributed by atoms with Crippen LogP contribution in [0.5, 0.6) is 0 Å². The van der Waals surface area contributed by atoms with Crippen molar-refractivity contribution < 1.29 is 19.1 Å². The zero-order chi connectivity index (χ0) is 15.5. The summed E-state index contributed by atoms with van der Waals surface area (Å²) < 4.78 is 10.2. The molecule has 0 unspecified atom stereocenters. The minimum atomic E-state index is -1.22. The minimum absolute atomic E-state index is 0.0854. The highest BCUT2D eigenvalue weighted by atomic mass is 32.2. The van der Waals surface area contributed by atoms with E-state index in [1.165, 1.54) is 25.6 Å². The van der Waals surface area contributed by atoms with Gasteiger partial charge >= 0.3 is 11.9 Å². The fourth-order valence-electron chi connectivity index (χ4n) is 1.88. The fourth-order valence-corrected chi connectivity index (χ4v) is 2.47. The highest BCUT2D eigenvalue weighted by Gasteiger charge is 2.40. The van der Waals surface area contributed by atoms with Crippen molar-refractivity contribution in [1.82, 2.24) is 5.32 Å². The Morgan fingerprint density at radius 2 is 1.71 bits per heavy atom. The number of nitrogens with one attached hydrogen (secondary N) is 1. The molecule has 1 aliphatic heterocycles. The zero-order valence-corrected chi connectivity index (χ0v) is 13.0. The van der Waals surface area contributed by atoms with Gasteiger partial charge in [-0.25, -0.2) is 9.59 Å². The summed E-state index contributed by atoms with van der Waals surface area (Å²) in [4.78, 5) is 24.0. The highest BCUT2D eigenvalue weighted by Crippen LogP contribution is 2.27. The molecule has 1 N–H and O–H groups in total. The molecular formula is C15H17NO4S. The van der Waals surface area contributed by atoms with Gasteiger partial charge in [0.15, 0.2) is 5.57 Å². The maximum Gasteiger partial charge on any atom is 0.351 e. The maximum atomic E-state index is 12.0. The van der Waals surface area contributed by atoms with E-state index in [0.717, 1.165) is 5.56 Å². The summed E-state index contributed by atoms with van der Waals surface area (Å²) in [5, 5.41) is 3.53. The van der Waals surface area contributed by atoms with E-state index < -0.39 is 17.7 Å². The number of esters is 2. The molecule has 5 nitrogen and oxygen atoms in total. The Balaban J connectivity index is 2.18. The number of thioether (sulfide) groups is 1. The topological polar surface area (TPSA) is 64.6 Å². The number of ether oxygens (including phenoxy) is 2. The highest BCUT2D eigenvalue weighted by molar-refractivity contribution is 8.02. The van der Waals surface area contributed by atoms with Gasteiger partial charge < -0.3 is 14.8 Å². The monoisotopic (exact) mass is 307 g/mol. The molecule has 1 heterocycles. The van der Waals surface area contributed by atoms with Crippen LogP contribution in [0, 0.1) is 0 Å². The van der Waals surface area contributed by atoms with Crippen LogP contribution < -0.4 is 5.32 Å². The average Bonchev–Trinajstić information content (AvgIpc) is 2.41. The van der Waals surface area contributed by atoms with Gasteiger partial charge in [0.05, 0.1) is 5.03 Å². The van der Waals surface area contributed by atoms with Crippen LogP contribution in [-0.2, 0) is 25.6 Å². The number of hydrogen-bond acceptors (Lipinski definition) is 6. The first-order chi connectivity index (χ1) is 9.93. The molecule has 0 atom stereocenters. The summed E-state index contributed by atoms with van der Waals surface area (Å²) in [7, 11) is 0. The SMILES string of the molecule is CSC(NCc1ccccc1)=C1C(=O)OC(C)(C)OC1=O. The third-order valence-corrected chi connectivity index (χ3v) is 3.57. The molecule has 6 heteroatoms. The van der Waals surface area contributed by atoms with Crippen LogP contribution in [0.25, 0.3) is 0 Å². The standard InChI is InChI=1S/C15H17NO4S/c1-15(2)19-13(17)11(14(18)20-15)12(21-3)16-9-10-7-5-4-6-8-10/h4-8,16H,9H2,1-3H3. The van der Waals surface area contributed by atoms with Crippen molar-refractivity contribution in [2.45, 2.75) is 26.2 Å². The number of hydrogen-bond donors (Lipinski definition) is 1. The third-order valence-electron chi connectivity index (χ3n) is 2.81. The van der Waals surface area contributed by atoms with E-state index in [0.29, 0.717) is 11.6 Å². The van der Waals surface area contributed by atoms with Gasteiger partial charge in [-0.15, -0.1) is 11.8 Å². The van der Waals surface area contributed by atoms with Gasteiger partial charge in [-0.1, -0.05) is 30.3 Å². The van der Waals surface area contributed by atoms with E-state index in [1.54, 1.807) is 6.26 Å². The number of carbonyl (C=O) groups excluding carboxylic acids is 2. The van der Waals surface area contributed by atoms with E-state index >= 15 is 0 Å². The number of cyclic esters (lactones) is 2. The lowest BCUT2D eigenvalue weighted by molar-refractivity contribution is -0.222. The van der Waals surface area contributed by atoms with Crippen molar-refractivity contribution in [2.24, 2.45) is 0 Å². The Hall–Kier alpha value is -1.95. The largest absolute Gasteiger partial charge is 0.419 e. The van der Waals surface area contributed by atoms with Crippen molar-refractivity contribution >= 4 is 23.7 Å². The molecule has 1 saturated heterocycles. The van der Waals surface area contributed by atoms with Crippen LogP contribution in [0.1, 0.15) is 19.4 Å². The first kappa shape index (κ1) is 15.4. The van der Waals surface area contributed by atoms with Crippen molar-refractivity contribution in [3.05, 3.63) is 46.5 Å². The van der Waals surface area contributed by atoms with Crippen molar-refractivity contribution in [3.63, 3.8) is 0 Å². The molecule has 0 spiro atoms. The molecule has 0 aromatic heterocycles. The second-order valence-electron chi connectivity index (χ2n) is 4.93. The lowest BCUT2D eigenvalue weighted by Gasteiger charge is -2.30. The van der Waals surface area contributed by atoms with E-state index in [9.17, 15) is 9.59 Å². The van der Waals surface area contributed by atoms with Crippen molar-refractivity contribution in [3.8, 4) is 0 Å². The molecule has 0 saturated carbocycles. The summed E-state index contributed by atoms with van der Waals surface area (Å²) >= 11 is 1.27. The molecule has 1 aromatic rings. The number of rotatable bonds is 4. The first-order valence-electron chi connectivity index (χ1n) is 6.45. The molecule has 1 fully saturated rings. The second-order valence-corrected chi connectivity index (χ2v) is 5.74. The summed E-state index contributed by atoms with van der Waals surface area (Å²) in [5.41, 5.74) is 0.959. The van der Waals surface area contributed by atoms with E-state index in [-0.39, 0.29) is 5.57 Å². The molecule has 0 radical (unpaired) electrons. The summed E-state index contributed by atoms with van der Waals surface area (Å²) in [6.07, 6.45) is 1.78. The molecule has 112 valence electrons. The predicted octanol–water partition coefficient (Wildman–Crippen LogP) is 2.19. The Labute approximate surface area is 127 Å². The van der Waals surface area contributed by atoms with Crippen molar-refractivity contribution in [1.29, 1.82) is 0 Å². The van der Waals surface area contributed by atoms with Crippen LogP contribution in [0.4, 0.5) is 0 Å². The van der Waals surface area contributed by atoms with E-state index in [1.807, 2.05) is 30.3 Å². The van der Waals surface area contributed by atoms with Gasteiger partial charge in [0, 0.05) is 20.4 Å². The Bertz CT molecular complexity index is 559. The van der Waals surface area contributed by atoms with Crippen LogP contribution in [-0.4, -0.2) is 24.0 Å². The van der Waals surface area contributed by atoms with Gasteiger partial charge in [-0.05, 0) is 11.8 Å². The molecule has 0 aliphatic carbocycles. The van der Waals surface area contributed by atoms with Gasteiger partial charge in [-0.3, -0.25) is 0 Å². The van der Waals surface area contributed by atoms with Crippen molar-refractivity contribution in [2.75, 3.05) is 6.26 Å².